The fraction of sp³-hybridized carbons (Fsp3) is 1.00. The summed E-state index contributed by atoms with van der Waals surface area (Å²) in [6, 6.07) is 0.791. The van der Waals surface area contributed by atoms with Gasteiger partial charge in [-0.15, -0.1) is 0 Å². The van der Waals surface area contributed by atoms with E-state index in [2.05, 4.69) is 23.6 Å². The molecular weight excluding hydrogens is 228 g/mol. The van der Waals surface area contributed by atoms with E-state index in [9.17, 15) is 0 Å². The third-order valence-corrected chi connectivity index (χ3v) is 5.96. The Balaban J connectivity index is 2.13. The van der Waals surface area contributed by atoms with Gasteiger partial charge in [-0.25, -0.2) is 0 Å². The van der Waals surface area contributed by atoms with Crippen LogP contribution in [-0.2, 0) is 0 Å². The van der Waals surface area contributed by atoms with Crippen LogP contribution in [0.3, 0.4) is 0 Å². The summed E-state index contributed by atoms with van der Waals surface area (Å²) in [7, 11) is 0. The zero-order valence-electron chi connectivity index (χ0n) is 11.3. The van der Waals surface area contributed by atoms with Crippen LogP contribution in [0.2, 0.25) is 0 Å². The number of hydrogen-bond acceptors (Lipinski definition) is 3. The number of hydrogen-bond donors (Lipinski definition) is 1. The first kappa shape index (κ1) is 13.7. The van der Waals surface area contributed by atoms with Crippen LogP contribution in [0.4, 0.5) is 0 Å². The summed E-state index contributed by atoms with van der Waals surface area (Å²) in [5.41, 5.74) is 6.51. The van der Waals surface area contributed by atoms with Crippen LogP contribution < -0.4 is 5.73 Å². The van der Waals surface area contributed by atoms with E-state index in [1.807, 2.05) is 0 Å². The Bertz CT molecular complexity index is 226. The number of rotatable bonds is 3. The molecule has 0 aromatic carbocycles. The number of thioether (sulfide) groups is 1. The Morgan fingerprint density at radius 1 is 1.29 bits per heavy atom. The van der Waals surface area contributed by atoms with Crippen LogP contribution in [0, 0.1) is 0 Å². The van der Waals surface area contributed by atoms with Crippen LogP contribution in [0.1, 0.15) is 51.9 Å². The first-order valence-electron chi connectivity index (χ1n) is 7.37. The van der Waals surface area contributed by atoms with Crippen LogP contribution in [0.5, 0.6) is 0 Å². The summed E-state index contributed by atoms with van der Waals surface area (Å²) in [6.07, 6.45) is 9.59. The van der Waals surface area contributed by atoms with Gasteiger partial charge in [-0.2, -0.15) is 11.8 Å². The van der Waals surface area contributed by atoms with E-state index < -0.39 is 0 Å². The molecule has 0 aromatic heterocycles. The molecule has 0 aliphatic carbocycles. The zero-order valence-corrected chi connectivity index (χ0v) is 12.1. The zero-order chi connectivity index (χ0) is 12.1. The van der Waals surface area contributed by atoms with Crippen molar-refractivity contribution in [3.63, 3.8) is 0 Å². The maximum atomic E-state index is 6.18. The van der Waals surface area contributed by atoms with E-state index in [-0.39, 0.29) is 0 Å². The minimum Gasteiger partial charge on any atom is -0.329 e. The second-order valence-corrected chi connectivity index (χ2v) is 6.79. The highest BCUT2D eigenvalue weighted by atomic mass is 32.2. The van der Waals surface area contributed by atoms with Gasteiger partial charge in [0.05, 0.1) is 0 Å². The van der Waals surface area contributed by atoms with E-state index in [1.54, 1.807) is 0 Å². The average Bonchev–Trinajstić information content (AvgIpc) is 2.65. The fourth-order valence-electron chi connectivity index (χ4n) is 3.57. The van der Waals surface area contributed by atoms with Crippen molar-refractivity contribution in [2.24, 2.45) is 5.73 Å². The lowest BCUT2D eigenvalue weighted by Gasteiger charge is -2.49. The van der Waals surface area contributed by atoms with Gasteiger partial charge in [-0.1, -0.05) is 19.8 Å². The van der Waals surface area contributed by atoms with E-state index >= 15 is 0 Å². The third kappa shape index (κ3) is 2.99. The lowest BCUT2D eigenvalue weighted by atomic mass is 9.90. The predicted molar refractivity (Wildman–Crippen MR) is 77.6 cm³/mol. The molecule has 100 valence electrons. The third-order valence-electron chi connectivity index (χ3n) is 4.64. The minimum absolute atomic E-state index is 0.327. The second-order valence-electron chi connectivity index (χ2n) is 5.69. The molecular formula is C14H28N2S. The van der Waals surface area contributed by atoms with Crippen LogP contribution >= 0.6 is 11.8 Å². The fourth-order valence-corrected chi connectivity index (χ4v) is 4.87. The molecule has 2 atom stereocenters. The molecule has 2 N–H and O–H groups in total. The molecule has 0 spiro atoms. The number of likely N-dealkylation sites (tertiary alicyclic amines) is 1. The van der Waals surface area contributed by atoms with Gasteiger partial charge in [0, 0.05) is 23.9 Å². The van der Waals surface area contributed by atoms with Crippen LogP contribution in [0.15, 0.2) is 0 Å². The van der Waals surface area contributed by atoms with Gasteiger partial charge in [0.2, 0.25) is 0 Å². The molecule has 3 heteroatoms. The van der Waals surface area contributed by atoms with Crippen molar-refractivity contribution in [3.8, 4) is 0 Å². The topological polar surface area (TPSA) is 29.3 Å². The monoisotopic (exact) mass is 256 g/mol. The van der Waals surface area contributed by atoms with Gasteiger partial charge < -0.3 is 5.73 Å². The average molecular weight is 256 g/mol. The summed E-state index contributed by atoms with van der Waals surface area (Å²) in [5.74, 6) is 2.60. The maximum absolute atomic E-state index is 6.18. The molecule has 2 saturated heterocycles. The van der Waals surface area contributed by atoms with Gasteiger partial charge >= 0.3 is 0 Å². The first-order valence-corrected chi connectivity index (χ1v) is 8.52. The predicted octanol–water partition coefficient (Wildman–Crippen LogP) is 2.87. The molecule has 2 heterocycles. The Hall–Kier alpha value is 0.270. The minimum atomic E-state index is 0.327. The molecule has 2 fully saturated rings. The smallest absolute Gasteiger partial charge is 0.0425 e. The molecule has 0 amide bonds. The number of nitrogens with two attached hydrogens (primary N) is 1. The van der Waals surface area contributed by atoms with Crippen molar-refractivity contribution < 1.29 is 0 Å². The lowest BCUT2D eigenvalue weighted by Crippen LogP contribution is -2.60. The molecule has 2 aliphatic rings. The molecule has 0 saturated carbocycles. The Morgan fingerprint density at radius 2 is 2.18 bits per heavy atom. The Labute approximate surface area is 111 Å². The summed E-state index contributed by atoms with van der Waals surface area (Å²) >= 11 is 2.12. The summed E-state index contributed by atoms with van der Waals surface area (Å²) in [4.78, 5) is 2.81. The normalized spacial score (nSPS) is 36.7. The molecule has 0 aromatic rings. The SMILES string of the molecule is CCC1CCCCCN1C1(CN)CCCSC1. The van der Waals surface area contributed by atoms with Gasteiger partial charge in [-0.3, -0.25) is 4.90 Å². The highest BCUT2D eigenvalue weighted by molar-refractivity contribution is 7.99. The Morgan fingerprint density at radius 3 is 2.82 bits per heavy atom. The highest BCUT2D eigenvalue weighted by Crippen LogP contribution is 2.36. The second kappa shape index (κ2) is 6.44. The molecule has 0 radical (unpaired) electrons. The van der Waals surface area contributed by atoms with Crippen LogP contribution in [0.25, 0.3) is 0 Å². The molecule has 2 unspecified atom stereocenters. The van der Waals surface area contributed by atoms with Crippen molar-refractivity contribution in [3.05, 3.63) is 0 Å². The van der Waals surface area contributed by atoms with Crippen molar-refractivity contribution in [1.82, 2.24) is 4.90 Å². The van der Waals surface area contributed by atoms with E-state index in [1.165, 1.54) is 63.0 Å². The lowest BCUT2D eigenvalue weighted by molar-refractivity contribution is 0.0554. The molecule has 17 heavy (non-hydrogen) atoms. The summed E-state index contributed by atoms with van der Waals surface area (Å²) < 4.78 is 0. The number of nitrogens with zero attached hydrogens (tertiary/aromatic N) is 1. The highest BCUT2D eigenvalue weighted by Gasteiger charge is 2.40. The summed E-state index contributed by atoms with van der Waals surface area (Å²) in [6.45, 7) is 4.50. The van der Waals surface area contributed by atoms with Crippen molar-refractivity contribution in [1.29, 1.82) is 0 Å². The molecule has 2 aliphatic heterocycles. The van der Waals surface area contributed by atoms with Gasteiger partial charge in [0.15, 0.2) is 0 Å². The standard InChI is InChI=1S/C14H28N2S/c1-2-13-7-4-3-5-9-16(13)14(11-15)8-6-10-17-12-14/h13H,2-12,15H2,1H3. The van der Waals surface area contributed by atoms with E-state index in [4.69, 9.17) is 5.73 Å². The summed E-state index contributed by atoms with van der Waals surface area (Å²) in [5, 5.41) is 0. The molecule has 2 rings (SSSR count). The largest absolute Gasteiger partial charge is 0.329 e. The van der Waals surface area contributed by atoms with Crippen LogP contribution in [-0.4, -0.2) is 41.1 Å². The molecule has 0 bridgehead atoms. The quantitative estimate of drug-likeness (QED) is 0.842. The van der Waals surface area contributed by atoms with Gasteiger partial charge in [0.1, 0.15) is 0 Å². The molecule has 2 nitrogen and oxygen atoms in total. The van der Waals surface area contributed by atoms with Crippen molar-refractivity contribution in [2.45, 2.75) is 63.5 Å². The van der Waals surface area contributed by atoms with E-state index in [0.717, 1.165) is 12.6 Å². The first-order chi connectivity index (χ1) is 8.32. The van der Waals surface area contributed by atoms with E-state index in [0.29, 0.717) is 5.54 Å². The Kier molecular flexibility index (Phi) is 5.19. The van der Waals surface area contributed by atoms with Gasteiger partial charge in [0.25, 0.3) is 0 Å². The van der Waals surface area contributed by atoms with Crippen molar-refractivity contribution >= 4 is 11.8 Å². The van der Waals surface area contributed by atoms with Gasteiger partial charge in [-0.05, 0) is 44.4 Å². The maximum Gasteiger partial charge on any atom is 0.0425 e. The van der Waals surface area contributed by atoms with Crippen molar-refractivity contribution in [2.75, 3.05) is 24.6 Å².